The molecular weight excluding hydrogens is 506 g/mol. The third-order valence-electron chi connectivity index (χ3n) is 6.39. The third kappa shape index (κ3) is 8.93. The largest absolute Gasteiger partial charge is 0.497 e. The zero-order valence-electron chi connectivity index (χ0n) is 23.3. The number of anilines is 1. The molecule has 38 heavy (non-hydrogen) atoms. The van der Waals surface area contributed by atoms with Gasteiger partial charge in [0.2, 0.25) is 21.8 Å². The minimum absolute atomic E-state index is 0.0133. The van der Waals surface area contributed by atoms with Crippen LogP contribution in [0.5, 0.6) is 11.5 Å². The van der Waals surface area contributed by atoms with Gasteiger partial charge in [0.05, 0.1) is 26.2 Å². The fourth-order valence-electron chi connectivity index (χ4n) is 4.06. The van der Waals surface area contributed by atoms with E-state index in [0.29, 0.717) is 23.6 Å². The van der Waals surface area contributed by atoms with Gasteiger partial charge < -0.3 is 19.7 Å². The van der Waals surface area contributed by atoms with E-state index in [-0.39, 0.29) is 43.8 Å². The van der Waals surface area contributed by atoms with E-state index in [9.17, 15) is 18.0 Å². The van der Waals surface area contributed by atoms with Gasteiger partial charge in [0, 0.05) is 31.6 Å². The number of nitrogens with zero attached hydrogens (tertiary/aromatic N) is 2. The molecule has 1 N–H and O–H groups in total. The molecule has 0 aliphatic heterocycles. The Morgan fingerprint density at radius 1 is 0.974 bits per heavy atom. The third-order valence-corrected chi connectivity index (χ3v) is 7.59. The quantitative estimate of drug-likeness (QED) is 0.362. The number of amides is 2. The fourth-order valence-corrected chi connectivity index (χ4v) is 5.02. The summed E-state index contributed by atoms with van der Waals surface area (Å²) in [4.78, 5) is 28.2. The van der Waals surface area contributed by atoms with Crippen molar-refractivity contribution in [2.45, 2.75) is 65.1 Å². The molecule has 210 valence electrons. The Kier molecular flexibility index (Phi) is 11.9. The smallest absolute Gasteiger partial charge is 0.243 e. The maximum atomic E-state index is 13.5. The van der Waals surface area contributed by atoms with Gasteiger partial charge in [0.15, 0.2) is 0 Å². The molecule has 0 spiro atoms. The number of ether oxygens (including phenoxy) is 2. The number of hydrogen-bond donors (Lipinski definition) is 1. The van der Waals surface area contributed by atoms with Crippen LogP contribution in [0.1, 0.15) is 52.0 Å². The lowest BCUT2D eigenvalue weighted by Gasteiger charge is -2.32. The van der Waals surface area contributed by atoms with Crippen LogP contribution in [0.2, 0.25) is 0 Å². The van der Waals surface area contributed by atoms with Crippen LogP contribution in [-0.4, -0.2) is 64.2 Å². The van der Waals surface area contributed by atoms with E-state index < -0.39 is 16.1 Å². The molecule has 2 unspecified atom stereocenters. The number of rotatable bonds is 15. The molecule has 0 saturated heterocycles. The lowest BCUT2D eigenvalue weighted by Crippen LogP contribution is -2.50. The summed E-state index contributed by atoms with van der Waals surface area (Å²) >= 11 is 0. The molecule has 10 heteroatoms. The molecule has 0 aliphatic carbocycles. The van der Waals surface area contributed by atoms with Gasteiger partial charge in [-0.15, -0.1) is 0 Å². The van der Waals surface area contributed by atoms with Crippen LogP contribution in [0.4, 0.5) is 5.69 Å². The number of sulfonamides is 1. The number of benzene rings is 2. The molecule has 2 aromatic carbocycles. The second kappa shape index (κ2) is 14.6. The molecule has 2 atom stereocenters. The molecule has 2 amide bonds. The summed E-state index contributed by atoms with van der Waals surface area (Å²) in [5, 5.41) is 2.99. The normalized spacial score (nSPS) is 12.8. The van der Waals surface area contributed by atoms with Crippen molar-refractivity contribution >= 4 is 27.5 Å². The first-order valence-electron chi connectivity index (χ1n) is 12.9. The summed E-state index contributed by atoms with van der Waals surface area (Å²) in [6.07, 6.45) is 2.73. The highest BCUT2D eigenvalue weighted by Crippen LogP contribution is 2.24. The van der Waals surface area contributed by atoms with Crippen molar-refractivity contribution < 1.29 is 27.5 Å². The number of carbonyl (C=O) groups is 2. The van der Waals surface area contributed by atoms with Crippen LogP contribution in [0.15, 0.2) is 48.5 Å². The molecule has 2 aromatic rings. The van der Waals surface area contributed by atoms with Crippen molar-refractivity contribution in [2.75, 3.05) is 31.3 Å². The van der Waals surface area contributed by atoms with Crippen LogP contribution in [-0.2, 0) is 26.2 Å². The molecule has 0 saturated carbocycles. The lowest BCUT2D eigenvalue weighted by atomic mass is 10.1. The Bertz CT molecular complexity index is 1150. The fraction of sp³-hybridized carbons (Fsp3) is 0.500. The van der Waals surface area contributed by atoms with Gasteiger partial charge in [-0.2, -0.15) is 0 Å². The van der Waals surface area contributed by atoms with Crippen LogP contribution in [0.25, 0.3) is 0 Å². The predicted octanol–water partition coefficient (Wildman–Crippen LogP) is 3.97. The highest BCUT2D eigenvalue weighted by atomic mass is 32.2. The number of nitrogens with one attached hydrogen (secondary N) is 1. The molecule has 2 rings (SSSR count). The van der Waals surface area contributed by atoms with Gasteiger partial charge in [-0.3, -0.25) is 13.9 Å². The maximum absolute atomic E-state index is 13.5. The number of hydrogen-bond acceptors (Lipinski definition) is 6. The standard InChI is InChI=1S/C28H41N3O6S/c1-7-21(3)29-28(33)26(8-2)30(20-22-14-16-24(36-4)17-15-22)27(32)13-10-18-31(38(6,34)35)23-11-9-12-25(19-23)37-5/h9,11-12,14-17,19,21,26H,7-8,10,13,18,20H2,1-6H3,(H,29,33). The lowest BCUT2D eigenvalue weighted by molar-refractivity contribution is -0.141. The second-order valence-electron chi connectivity index (χ2n) is 9.25. The molecule has 0 radical (unpaired) electrons. The summed E-state index contributed by atoms with van der Waals surface area (Å²) in [7, 11) is -0.489. The van der Waals surface area contributed by atoms with Crippen LogP contribution in [0.3, 0.4) is 0 Å². The summed E-state index contributed by atoms with van der Waals surface area (Å²) < 4.78 is 36.8. The van der Waals surface area contributed by atoms with E-state index in [4.69, 9.17) is 9.47 Å². The Morgan fingerprint density at radius 2 is 1.63 bits per heavy atom. The summed E-state index contributed by atoms with van der Waals surface area (Å²) in [5.41, 5.74) is 1.33. The zero-order chi connectivity index (χ0) is 28.3. The van der Waals surface area contributed by atoms with Gasteiger partial charge in [0.25, 0.3) is 0 Å². The highest BCUT2D eigenvalue weighted by Gasteiger charge is 2.29. The van der Waals surface area contributed by atoms with Crippen molar-refractivity contribution in [3.05, 3.63) is 54.1 Å². The average Bonchev–Trinajstić information content (AvgIpc) is 2.90. The highest BCUT2D eigenvalue weighted by molar-refractivity contribution is 7.92. The SMILES string of the molecule is CCC(C)NC(=O)C(CC)N(Cc1ccc(OC)cc1)C(=O)CCCN(c1cccc(OC)c1)S(C)(=O)=O. The maximum Gasteiger partial charge on any atom is 0.243 e. The van der Waals surface area contributed by atoms with E-state index in [1.165, 1.54) is 11.4 Å². The molecule has 9 nitrogen and oxygen atoms in total. The molecule has 0 aliphatic rings. The Balaban J connectivity index is 2.24. The molecule has 0 heterocycles. The van der Waals surface area contributed by atoms with Crippen LogP contribution >= 0.6 is 0 Å². The molecule has 0 aromatic heterocycles. The monoisotopic (exact) mass is 547 g/mol. The van der Waals surface area contributed by atoms with Gasteiger partial charge in [0.1, 0.15) is 17.5 Å². The molecular formula is C28H41N3O6S. The van der Waals surface area contributed by atoms with Crippen LogP contribution < -0.4 is 19.1 Å². The summed E-state index contributed by atoms with van der Waals surface area (Å²) in [6, 6.07) is 13.5. The van der Waals surface area contributed by atoms with Gasteiger partial charge >= 0.3 is 0 Å². The van der Waals surface area contributed by atoms with Gasteiger partial charge in [-0.05, 0) is 56.0 Å². The molecule has 0 fully saturated rings. The van der Waals surface area contributed by atoms with E-state index in [1.54, 1.807) is 36.3 Å². The summed E-state index contributed by atoms with van der Waals surface area (Å²) in [5.74, 6) is 0.825. The zero-order valence-corrected chi connectivity index (χ0v) is 24.1. The Labute approximate surface area is 227 Å². The van der Waals surface area contributed by atoms with Crippen molar-refractivity contribution in [2.24, 2.45) is 0 Å². The first-order valence-corrected chi connectivity index (χ1v) is 14.7. The number of methoxy groups -OCH3 is 2. The van der Waals surface area contributed by atoms with Crippen LogP contribution in [0, 0.1) is 0 Å². The minimum Gasteiger partial charge on any atom is -0.497 e. The first-order chi connectivity index (χ1) is 18.0. The summed E-state index contributed by atoms with van der Waals surface area (Å²) in [6.45, 7) is 6.16. The Hall–Kier alpha value is -3.27. The van der Waals surface area contributed by atoms with Crippen molar-refractivity contribution in [1.29, 1.82) is 0 Å². The van der Waals surface area contributed by atoms with E-state index in [1.807, 2.05) is 45.0 Å². The van der Waals surface area contributed by atoms with Crippen molar-refractivity contribution in [3.63, 3.8) is 0 Å². The van der Waals surface area contributed by atoms with E-state index in [2.05, 4.69) is 5.32 Å². The topological polar surface area (TPSA) is 105 Å². The van der Waals surface area contributed by atoms with E-state index in [0.717, 1.165) is 18.2 Å². The first kappa shape index (κ1) is 31.0. The van der Waals surface area contributed by atoms with Gasteiger partial charge in [-0.25, -0.2) is 8.42 Å². The second-order valence-corrected chi connectivity index (χ2v) is 11.2. The molecule has 0 bridgehead atoms. The average molecular weight is 548 g/mol. The van der Waals surface area contributed by atoms with E-state index >= 15 is 0 Å². The van der Waals surface area contributed by atoms with Gasteiger partial charge in [-0.1, -0.05) is 32.0 Å². The van der Waals surface area contributed by atoms with Crippen molar-refractivity contribution in [1.82, 2.24) is 10.2 Å². The number of carbonyl (C=O) groups excluding carboxylic acids is 2. The minimum atomic E-state index is -3.59. The predicted molar refractivity (Wildman–Crippen MR) is 150 cm³/mol. The Morgan fingerprint density at radius 3 is 2.18 bits per heavy atom. The van der Waals surface area contributed by atoms with Crippen molar-refractivity contribution in [3.8, 4) is 11.5 Å².